The predicted molar refractivity (Wildman–Crippen MR) is 103 cm³/mol. The molecule has 6 heteroatoms. The second kappa shape index (κ2) is 7.21. The second-order valence-corrected chi connectivity index (χ2v) is 5.85. The summed E-state index contributed by atoms with van der Waals surface area (Å²) >= 11 is 0. The van der Waals surface area contributed by atoms with Gasteiger partial charge in [0, 0.05) is 11.1 Å². The van der Waals surface area contributed by atoms with E-state index in [0.29, 0.717) is 34.1 Å². The van der Waals surface area contributed by atoms with E-state index in [1.807, 2.05) is 36.4 Å². The van der Waals surface area contributed by atoms with Crippen LogP contribution in [0, 0.1) is 0 Å². The first-order valence-electron chi connectivity index (χ1n) is 8.39. The maximum atomic E-state index is 12.8. The number of nitrogens with one attached hydrogen (secondary N) is 2. The number of ether oxygens (including phenoxy) is 1. The first kappa shape index (κ1) is 16.7. The van der Waals surface area contributed by atoms with Crippen molar-refractivity contribution in [2.24, 2.45) is 0 Å². The first-order valence-corrected chi connectivity index (χ1v) is 8.39. The van der Waals surface area contributed by atoms with Gasteiger partial charge < -0.3 is 14.5 Å². The number of methoxy groups -OCH3 is 1. The van der Waals surface area contributed by atoms with Crippen molar-refractivity contribution in [3.05, 3.63) is 78.6 Å². The zero-order chi connectivity index (χ0) is 18.6. The Morgan fingerprint density at radius 3 is 2.67 bits per heavy atom. The first-order chi connectivity index (χ1) is 13.3. The Balaban J connectivity index is 1.76. The maximum absolute atomic E-state index is 12.8. The molecule has 0 aliphatic rings. The summed E-state index contributed by atoms with van der Waals surface area (Å²) in [6.45, 7) is 0. The lowest BCUT2D eigenvalue weighted by Gasteiger charge is -2.09. The lowest BCUT2D eigenvalue weighted by Crippen LogP contribution is -2.12. The van der Waals surface area contributed by atoms with Gasteiger partial charge in [-0.3, -0.25) is 9.89 Å². The number of carbonyl (C=O) groups is 1. The van der Waals surface area contributed by atoms with Gasteiger partial charge in [-0.25, -0.2) is 0 Å². The Kier molecular flexibility index (Phi) is 4.45. The number of nitrogens with zero attached hydrogens (tertiary/aromatic N) is 1. The fourth-order valence-corrected chi connectivity index (χ4v) is 2.82. The molecule has 0 unspecified atom stereocenters. The lowest BCUT2D eigenvalue weighted by molar-refractivity contribution is 0.102. The minimum absolute atomic E-state index is 0.264. The molecule has 0 aliphatic heterocycles. The van der Waals surface area contributed by atoms with Crippen LogP contribution in [0.4, 0.5) is 5.69 Å². The number of amides is 1. The molecular formula is C21H17N3O3. The van der Waals surface area contributed by atoms with Crippen LogP contribution in [0.15, 0.2) is 77.4 Å². The van der Waals surface area contributed by atoms with E-state index >= 15 is 0 Å². The molecule has 1 amide bonds. The number of hydrogen-bond acceptors (Lipinski definition) is 4. The quantitative estimate of drug-likeness (QED) is 0.546. The SMILES string of the molecule is COc1cccc(C(=O)Nc2c(-c3ccccc3)n[nH]c2-c2ccco2)c1. The number of aromatic amines is 1. The van der Waals surface area contributed by atoms with Crippen LogP contribution < -0.4 is 10.1 Å². The highest BCUT2D eigenvalue weighted by Gasteiger charge is 2.20. The van der Waals surface area contributed by atoms with Crippen LogP contribution in [-0.2, 0) is 0 Å². The topological polar surface area (TPSA) is 80.1 Å². The fraction of sp³-hybridized carbons (Fsp3) is 0.0476. The number of carbonyl (C=O) groups excluding carboxylic acids is 1. The van der Waals surface area contributed by atoms with Crippen molar-refractivity contribution in [3.63, 3.8) is 0 Å². The van der Waals surface area contributed by atoms with Gasteiger partial charge in [-0.2, -0.15) is 5.10 Å². The average molecular weight is 359 g/mol. The van der Waals surface area contributed by atoms with E-state index in [1.165, 1.54) is 0 Å². The van der Waals surface area contributed by atoms with E-state index in [4.69, 9.17) is 9.15 Å². The molecule has 0 fully saturated rings. The van der Waals surface area contributed by atoms with E-state index < -0.39 is 0 Å². The van der Waals surface area contributed by atoms with Gasteiger partial charge in [0.25, 0.3) is 5.91 Å². The minimum atomic E-state index is -0.264. The van der Waals surface area contributed by atoms with E-state index in [-0.39, 0.29) is 5.91 Å². The highest BCUT2D eigenvalue weighted by atomic mass is 16.5. The molecule has 0 aliphatic carbocycles. The van der Waals surface area contributed by atoms with E-state index in [1.54, 1.807) is 43.7 Å². The third-order valence-corrected chi connectivity index (χ3v) is 4.15. The van der Waals surface area contributed by atoms with Crippen LogP contribution in [-0.4, -0.2) is 23.2 Å². The third-order valence-electron chi connectivity index (χ3n) is 4.15. The summed E-state index contributed by atoms with van der Waals surface area (Å²) < 4.78 is 10.7. The summed E-state index contributed by atoms with van der Waals surface area (Å²) in [6, 6.07) is 20.2. The molecule has 0 saturated heterocycles. The Labute approximate surface area is 155 Å². The smallest absolute Gasteiger partial charge is 0.255 e. The second-order valence-electron chi connectivity index (χ2n) is 5.85. The molecule has 27 heavy (non-hydrogen) atoms. The highest BCUT2D eigenvalue weighted by Crippen LogP contribution is 2.35. The van der Waals surface area contributed by atoms with Crippen molar-refractivity contribution in [1.29, 1.82) is 0 Å². The largest absolute Gasteiger partial charge is 0.497 e. The van der Waals surface area contributed by atoms with E-state index in [2.05, 4.69) is 15.5 Å². The average Bonchev–Trinajstić information content (AvgIpc) is 3.38. The van der Waals surface area contributed by atoms with Gasteiger partial charge in [0.05, 0.1) is 19.1 Å². The summed E-state index contributed by atoms with van der Waals surface area (Å²) in [5, 5.41) is 10.3. The third kappa shape index (κ3) is 3.32. The number of H-pyrrole nitrogens is 1. The van der Waals surface area contributed by atoms with Crippen LogP contribution in [0.2, 0.25) is 0 Å². The highest BCUT2D eigenvalue weighted by molar-refractivity contribution is 6.08. The Bertz CT molecular complexity index is 1050. The molecule has 134 valence electrons. The van der Waals surface area contributed by atoms with Gasteiger partial charge in [0.15, 0.2) is 5.76 Å². The predicted octanol–water partition coefficient (Wildman–Crippen LogP) is 4.60. The van der Waals surface area contributed by atoms with Gasteiger partial charge in [-0.15, -0.1) is 0 Å². The van der Waals surface area contributed by atoms with Gasteiger partial charge in [-0.05, 0) is 30.3 Å². The molecule has 0 atom stereocenters. The van der Waals surface area contributed by atoms with E-state index in [0.717, 1.165) is 5.56 Å². The number of hydrogen-bond donors (Lipinski definition) is 2. The van der Waals surface area contributed by atoms with Crippen LogP contribution in [0.1, 0.15) is 10.4 Å². The molecule has 2 heterocycles. The molecule has 4 aromatic rings. The number of benzene rings is 2. The summed E-state index contributed by atoms with van der Waals surface area (Å²) in [5.74, 6) is 0.940. The van der Waals surface area contributed by atoms with Crippen molar-refractivity contribution in [1.82, 2.24) is 10.2 Å². The zero-order valence-electron chi connectivity index (χ0n) is 14.6. The fourth-order valence-electron chi connectivity index (χ4n) is 2.82. The summed E-state index contributed by atoms with van der Waals surface area (Å²) in [7, 11) is 1.57. The molecule has 0 saturated carbocycles. The standard InChI is InChI=1S/C21H17N3O3/c1-26-16-10-5-9-15(13-16)21(25)22-20-18(14-7-3-2-4-8-14)23-24-19(20)17-11-6-12-27-17/h2-13H,1H3,(H,22,25)(H,23,24). The van der Waals surface area contributed by atoms with Gasteiger partial charge in [0.2, 0.25) is 0 Å². The zero-order valence-corrected chi connectivity index (χ0v) is 14.6. The molecule has 2 N–H and O–H groups in total. The van der Waals surface area contributed by atoms with Crippen LogP contribution in [0.5, 0.6) is 5.75 Å². The Morgan fingerprint density at radius 2 is 1.93 bits per heavy atom. The molecule has 0 radical (unpaired) electrons. The van der Waals surface area contributed by atoms with Gasteiger partial charge in [-0.1, -0.05) is 36.4 Å². The summed E-state index contributed by atoms with van der Waals surface area (Å²) in [5.41, 5.74) is 3.17. The molecule has 0 spiro atoms. The Hall–Kier alpha value is -3.80. The van der Waals surface area contributed by atoms with Crippen LogP contribution in [0.3, 0.4) is 0 Å². The number of furan rings is 1. The maximum Gasteiger partial charge on any atom is 0.255 e. The molecule has 4 rings (SSSR count). The molecule has 6 nitrogen and oxygen atoms in total. The van der Waals surface area contributed by atoms with Crippen LogP contribution >= 0.6 is 0 Å². The summed E-state index contributed by atoms with van der Waals surface area (Å²) in [4.78, 5) is 12.8. The van der Waals surface area contributed by atoms with Crippen molar-refractivity contribution in [2.45, 2.75) is 0 Å². The Morgan fingerprint density at radius 1 is 1.07 bits per heavy atom. The van der Waals surface area contributed by atoms with Gasteiger partial charge >= 0.3 is 0 Å². The van der Waals surface area contributed by atoms with Crippen molar-refractivity contribution < 1.29 is 13.9 Å². The molecule has 0 bridgehead atoms. The number of anilines is 1. The summed E-state index contributed by atoms with van der Waals surface area (Å²) in [6.07, 6.45) is 1.58. The molecular weight excluding hydrogens is 342 g/mol. The van der Waals surface area contributed by atoms with Crippen molar-refractivity contribution in [3.8, 4) is 28.5 Å². The number of aromatic nitrogens is 2. The lowest BCUT2D eigenvalue weighted by atomic mass is 10.1. The van der Waals surface area contributed by atoms with Crippen molar-refractivity contribution >= 4 is 11.6 Å². The normalized spacial score (nSPS) is 10.6. The van der Waals surface area contributed by atoms with Crippen molar-refractivity contribution in [2.75, 3.05) is 12.4 Å². The molecule has 2 aromatic carbocycles. The van der Waals surface area contributed by atoms with Crippen LogP contribution in [0.25, 0.3) is 22.7 Å². The molecule has 2 aromatic heterocycles. The monoisotopic (exact) mass is 359 g/mol. The van der Waals surface area contributed by atoms with Gasteiger partial charge in [0.1, 0.15) is 17.1 Å². The number of rotatable bonds is 5. The minimum Gasteiger partial charge on any atom is -0.497 e. The van der Waals surface area contributed by atoms with E-state index in [9.17, 15) is 4.79 Å².